The van der Waals surface area contributed by atoms with Gasteiger partial charge in [0, 0.05) is 71.1 Å². The van der Waals surface area contributed by atoms with Crippen molar-refractivity contribution in [3.63, 3.8) is 0 Å². The summed E-state index contributed by atoms with van der Waals surface area (Å²) in [6, 6.07) is 61.0. The molecular weight excluding hydrogens is 1120 g/mol. The number of anilines is 3. The second-order valence-corrected chi connectivity index (χ2v) is 21.8. The van der Waals surface area contributed by atoms with Gasteiger partial charge in [-0.15, -0.1) is 0 Å². The Balaban J connectivity index is 0.000000160. The summed E-state index contributed by atoms with van der Waals surface area (Å²) in [5.41, 5.74) is 6.04. The van der Waals surface area contributed by atoms with Gasteiger partial charge in [0.05, 0.1) is 30.1 Å². The lowest BCUT2D eigenvalue weighted by Crippen LogP contribution is -2.00. The maximum absolute atomic E-state index is 9.50. The molecule has 0 aliphatic heterocycles. The fourth-order valence-electron chi connectivity index (χ4n) is 6.66. The molecule has 6 nitrogen and oxygen atoms in total. The summed E-state index contributed by atoms with van der Waals surface area (Å²) in [7, 11) is 0. The van der Waals surface area contributed by atoms with Crippen molar-refractivity contribution in [3.05, 3.63) is 246 Å². The Morgan fingerprint density at radius 3 is 1.11 bits per heavy atom. The predicted molar refractivity (Wildman–Crippen MR) is 312 cm³/mol. The average molecular weight is 1160 g/mol. The highest BCUT2D eigenvalue weighted by molar-refractivity contribution is 8.00. The fourth-order valence-corrected chi connectivity index (χ4v) is 11.0. The van der Waals surface area contributed by atoms with Crippen LogP contribution in [0.15, 0.2) is 223 Å². The van der Waals surface area contributed by atoms with Crippen LogP contribution in [-0.2, 0) is 19.6 Å². The van der Waals surface area contributed by atoms with Gasteiger partial charge in [0.2, 0.25) is 0 Å². The van der Waals surface area contributed by atoms with Crippen LogP contribution < -0.4 is 16.0 Å². The normalized spacial score (nSPS) is 10.6. The minimum atomic E-state index is 0.0720. The topological polar surface area (TPSA) is 96.8 Å². The van der Waals surface area contributed by atoms with E-state index in [-0.39, 0.29) is 17.2 Å². The molecule has 0 bridgehead atoms. The first-order valence-corrected chi connectivity index (χ1v) is 27.3. The van der Waals surface area contributed by atoms with E-state index in [0.717, 1.165) is 67.6 Å². The standard InChI is InChI=1S/C19H14Cl3NOS.2C19H15Cl2NOS/c20-15-7-6-14(10-16(15)21)25-19-4-2-1-3-12(19)11-23-13-5-8-18(24)17(22)9-13;20-15-6-2-4-8-19(15)24-18-7-3-1-5-13(18)12-22-14-9-10-17(23)16(21)11-14;20-14-5-3-6-16(10-14)24-19-7-2-1-4-13(19)12-22-15-8-9-18(23)17(21)11-15/h1-10,23-24H,11H2;2*1-11,22-23H,12H2. The van der Waals surface area contributed by atoms with Gasteiger partial charge in [0.1, 0.15) is 17.2 Å². The van der Waals surface area contributed by atoms with Crippen LogP contribution in [0, 0.1) is 0 Å². The van der Waals surface area contributed by atoms with Gasteiger partial charge in [0.15, 0.2) is 0 Å². The van der Waals surface area contributed by atoms with E-state index < -0.39 is 0 Å². The average Bonchev–Trinajstić information content (AvgIpc) is 3.38. The number of phenols is 3. The van der Waals surface area contributed by atoms with Gasteiger partial charge in [0.25, 0.3) is 0 Å². The zero-order valence-corrected chi connectivity index (χ0v) is 46.0. The highest BCUT2D eigenvalue weighted by Crippen LogP contribution is 2.38. The highest BCUT2D eigenvalue weighted by atomic mass is 35.5. The van der Waals surface area contributed by atoms with Crippen LogP contribution in [0.2, 0.25) is 35.2 Å². The molecule has 9 aromatic carbocycles. The Hall–Kier alpha value is -5.14. The highest BCUT2D eigenvalue weighted by Gasteiger charge is 2.11. The summed E-state index contributed by atoms with van der Waals surface area (Å²) >= 11 is 47.2. The second kappa shape index (κ2) is 28.0. The number of halogens is 7. The molecule has 0 spiro atoms. The molecule has 0 saturated carbocycles. The van der Waals surface area contributed by atoms with Crippen molar-refractivity contribution in [1.82, 2.24) is 0 Å². The molecule has 0 radical (unpaired) electrons. The minimum absolute atomic E-state index is 0.0720. The summed E-state index contributed by atoms with van der Waals surface area (Å²) < 4.78 is 0. The number of aromatic hydroxyl groups is 3. The van der Waals surface area contributed by atoms with Crippen LogP contribution in [0.25, 0.3) is 0 Å². The monoisotopic (exact) mass is 1160 g/mol. The lowest BCUT2D eigenvalue weighted by atomic mass is 10.2. The van der Waals surface area contributed by atoms with Gasteiger partial charge in [-0.1, -0.05) is 189 Å². The van der Waals surface area contributed by atoms with E-state index in [1.807, 2.05) is 97.1 Å². The van der Waals surface area contributed by atoms with E-state index in [1.54, 1.807) is 95.9 Å². The molecule has 0 aromatic heterocycles. The molecule has 0 unspecified atom stereocenters. The minimum Gasteiger partial charge on any atom is -0.506 e. The first-order valence-electron chi connectivity index (χ1n) is 22.2. The molecule has 0 amide bonds. The SMILES string of the molecule is Oc1ccc(NCc2ccccc2Sc2ccc(Cl)c(Cl)c2)cc1Cl.Oc1ccc(NCc2ccccc2Sc2cccc(Cl)c2)cc1Cl.Oc1ccc(NCc2ccccc2Sc2ccccc2Cl)cc1Cl. The van der Waals surface area contributed by atoms with Gasteiger partial charge in [-0.05, 0) is 138 Å². The van der Waals surface area contributed by atoms with Crippen molar-refractivity contribution in [2.75, 3.05) is 16.0 Å². The van der Waals surface area contributed by atoms with Gasteiger partial charge in [-0.3, -0.25) is 0 Å². The molecular formula is C57H44Cl7N3O3S3. The van der Waals surface area contributed by atoms with E-state index in [9.17, 15) is 15.3 Å². The summed E-state index contributed by atoms with van der Waals surface area (Å²) in [6.45, 7) is 1.94. The van der Waals surface area contributed by atoms with Crippen molar-refractivity contribution in [1.29, 1.82) is 0 Å². The third kappa shape index (κ3) is 17.2. The first-order chi connectivity index (χ1) is 35.3. The molecule has 0 heterocycles. The molecule has 73 heavy (non-hydrogen) atoms. The Morgan fingerprint density at radius 1 is 0.301 bits per heavy atom. The Labute approximate surface area is 473 Å². The molecule has 16 heteroatoms. The van der Waals surface area contributed by atoms with E-state index in [1.165, 1.54) is 5.56 Å². The van der Waals surface area contributed by atoms with Crippen molar-refractivity contribution in [2.45, 2.75) is 49.0 Å². The molecule has 6 N–H and O–H groups in total. The van der Waals surface area contributed by atoms with E-state index >= 15 is 0 Å². The maximum Gasteiger partial charge on any atom is 0.134 e. The summed E-state index contributed by atoms with van der Waals surface area (Å²) in [4.78, 5) is 6.58. The first kappa shape index (κ1) is 55.6. The van der Waals surface area contributed by atoms with Crippen molar-refractivity contribution >= 4 is 134 Å². The van der Waals surface area contributed by atoms with Crippen LogP contribution in [0.5, 0.6) is 17.2 Å². The van der Waals surface area contributed by atoms with Crippen LogP contribution in [0.3, 0.4) is 0 Å². The Morgan fingerprint density at radius 2 is 0.699 bits per heavy atom. The quantitative estimate of drug-likeness (QED) is 0.0561. The van der Waals surface area contributed by atoms with Crippen molar-refractivity contribution in [3.8, 4) is 17.2 Å². The van der Waals surface area contributed by atoms with Gasteiger partial charge in [-0.2, -0.15) is 0 Å². The summed E-state index contributed by atoms with van der Waals surface area (Å²) in [5, 5.41) is 42.0. The molecule has 0 aliphatic rings. The number of benzene rings is 9. The Kier molecular flexibility index (Phi) is 21.3. The lowest BCUT2D eigenvalue weighted by molar-refractivity contribution is 0.475. The lowest BCUT2D eigenvalue weighted by Gasteiger charge is -2.12. The van der Waals surface area contributed by atoms with E-state index in [2.05, 4.69) is 52.3 Å². The third-order valence-electron chi connectivity index (χ3n) is 10.4. The van der Waals surface area contributed by atoms with Crippen molar-refractivity contribution in [2.24, 2.45) is 0 Å². The smallest absolute Gasteiger partial charge is 0.134 e. The third-order valence-corrected chi connectivity index (χ3v) is 16.1. The van der Waals surface area contributed by atoms with Crippen LogP contribution in [0.1, 0.15) is 16.7 Å². The van der Waals surface area contributed by atoms with Gasteiger partial charge < -0.3 is 31.3 Å². The zero-order valence-electron chi connectivity index (χ0n) is 38.3. The van der Waals surface area contributed by atoms with Gasteiger partial charge >= 0.3 is 0 Å². The van der Waals surface area contributed by atoms with Gasteiger partial charge in [-0.25, -0.2) is 0 Å². The molecule has 0 aliphatic carbocycles. The molecule has 0 atom stereocenters. The maximum atomic E-state index is 9.50. The molecule has 372 valence electrons. The number of hydrogen-bond donors (Lipinski definition) is 6. The molecule has 9 rings (SSSR count). The molecule has 0 saturated heterocycles. The fraction of sp³-hybridized carbons (Fsp3) is 0.0526. The Bertz CT molecular complexity index is 3300. The summed E-state index contributed by atoms with van der Waals surface area (Å²) in [5.74, 6) is 0.235. The number of rotatable bonds is 15. The van der Waals surface area contributed by atoms with E-state index in [0.29, 0.717) is 44.7 Å². The van der Waals surface area contributed by atoms with Crippen molar-refractivity contribution < 1.29 is 15.3 Å². The van der Waals surface area contributed by atoms with Crippen LogP contribution in [0.4, 0.5) is 17.1 Å². The molecule has 0 fully saturated rings. The zero-order chi connectivity index (χ0) is 51.7. The number of nitrogens with one attached hydrogen (secondary N) is 3. The van der Waals surface area contributed by atoms with Crippen LogP contribution in [-0.4, -0.2) is 15.3 Å². The number of phenolic OH excluding ortho intramolecular Hbond substituents is 3. The summed E-state index contributed by atoms with van der Waals surface area (Å²) in [6.07, 6.45) is 0. The second-order valence-electron chi connectivity index (χ2n) is 15.7. The predicted octanol–water partition coefficient (Wildman–Crippen LogP) is 20.0. The van der Waals surface area contributed by atoms with E-state index in [4.69, 9.17) is 81.2 Å². The number of hydrogen-bond acceptors (Lipinski definition) is 9. The largest absolute Gasteiger partial charge is 0.506 e. The van der Waals surface area contributed by atoms with Crippen LogP contribution >= 0.6 is 116 Å². The molecule has 9 aromatic rings.